The highest BCUT2D eigenvalue weighted by Crippen LogP contribution is 2.30. The van der Waals surface area contributed by atoms with Crippen LogP contribution in [0.15, 0.2) is 6.20 Å². The predicted octanol–water partition coefficient (Wildman–Crippen LogP) is 3.28. The van der Waals surface area contributed by atoms with Gasteiger partial charge in [-0.1, -0.05) is 11.6 Å². The van der Waals surface area contributed by atoms with Crippen molar-refractivity contribution in [3.05, 3.63) is 28.0 Å². The van der Waals surface area contributed by atoms with Crippen molar-refractivity contribution >= 4 is 23.2 Å². The minimum Gasteiger partial charge on any atom is -0.258 e. The summed E-state index contributed by atoms with van der Waals surface area (Å²) >= 11 is 11.0. The van der Waals surface area contributed by atoms with Gasteiger partial charge in [0.05, 0.1) is 27.7 Å². The zero-order valence-electron chi connectivity index (χ0n) is 6.77. The van der Waals surface area contributed by atoms with Crippen molar-refractivity contribution in [3.8, 4) is 6.07 Å². The van der Waals surface area contributed by atoms with E-state index in [1.165, 1.54) is 0 Å². The molecule has 0 amide bonds. The Balaban J connectivity index is 3.37. The summed E-state index contributed by atoms with van der Waals surface area (Å²) in [4.78, 5) is 3.63. The Bertz CT molecular complexity index is 388. The van der Waals surface area contributed by atoms with Crippen LogP contribution in [-0.2, 0) is 5.88 Å². The number of halogens is 4. The van der Waals surface area contributed by atoms with Crippen LogP contribution in [0.25, 0.3) is 0 Å². The lowest BCUT2D eigenvalue weighted by molar-refractivity contribution is 0.151. The van der Waals surface area contributed by atoms with Gasteiger partial charge in [0.1, 0.15) is 6.07 Å². The molecule has 0 aliphatic rings. The molecular formula is C8H4Cl2F2N2. The molecule has 1 aromatic rings. The first kappa shape index (κ1) is 11.2. The average Bonchev–Trinajstić information content (AvgIpc) is 2.16. The number of nitrogens with zero attached hydrogens (tertiary/aromatic N) is 2. The van der Waals surface area contributed by atoms with E-state index in [-0.39, 0.29) is 22.2 Å². The van der Waals surface area contributed by atoms with Crippen molar-refractivity contribution < 1.29 is 8.78 Å². The molecule has 1 heterocycles. The molecule has 0 saturated carbocycles. The molecule has 0 fully saturated rings. The van der Waals surface area contributed by atoms with Gasteiger partial charge in [0.15, 0.2) is 0 Å². The standard InChI is InChI=1S/C8H4Cl2F2N2/c9-1-6-4(2-13)7(10)5(3-14-6)8(11)12/h3,8H,1H2. The largest absolute Gasteiger partial charge is 0.266 e. The van der Waals surface area contributed by atoms with Gasteiger partial charge in [-0.05, 0) is 0 Å². The van der Waals surface area contributed by atoms with E-state index >= 15 is 0 Å². The van der Waals surface area contributed by atoms with Gasteiger partial charge in [0.25, 0.3) is 6.43 Å². The fourth-order valence-electron chi connectivity index (χ4n) is 0.907. The Morgan fingerprint density at radius 3 is 2.64 bits per heavy atom. The monoisotopic (exact) mass is 236 g/mol. The molecule has 0 radical (unpaired) electrons. The van der Waals surface area contributed by atoms with E-state index < -0.39 is 12.0 Å². The van der Waals surface area contributed by atoms with Crippen molar-refractivity contribution in [2.45, 2.75) is 12.3 Å². The molecule has 0 bridgehead atoms. The van der Waals surface area contributed by atoms with E-state index in [9.17, 15) is 8.78 Å². The summed E-state index contributed by atoms with van der Waals surface area (Å²) in [6, 6.07) is 1.70. The summed E-state index contributed by atoms with van der Waals surface area (Å²) in [5.74, 6) is -0.0356. The molecule has 6 heteroatoms. The van der Waals surface area contributed by atoms with Crippen LogP contribution in [0.3, 0.4) is 0 Å². The van der Waals surface area contributed by atoms with Crippen molar-refractivity contribution in [3.63, 3.8) is 0 Å². The number of pyridine rings is 1. The van der Waals surface area contributed by atoms with Crippen molar-refractivity contribution in [2.75, 3.05) is 0 Å². The van der Waals surface area contributed by atoms with Gasteiger partial charge in [-0.3, -0.25) is 4.98 Å². The molecule has 0 saturated heterocycles. The lowest BCUT2D eigenvalue weighted by Gasteiger charge is -2.06. The van der Waals surface area contributed by atoms with E-state index in [2.05, 4.69) is 4.98 Å². The van der Waals surface area contributed by atoms with Crippen LogP contribution in [0.1, 0.15) is 23.2 Å². The van der Waals surface area contributed by atoms with E-state index in [1.54, 1.807) is 6.07 Å². The number of alkyl halides is 3. The summed E-state index contributed by atoms with van der Waals surface area (Å²) in [7, 11) is 0. The molecule has 0 N–H and O–H groups in total. The first-order chi connectivity index (χ1) is 6.61. The van der Waals surface area contributed by atoms with Gasteiger partial charge in [0, 0.05) is 6.20 Å². The quantitative estimate of drug-likeness (QED) is 0.740. The Morgan fingerprint density at radius 1 is 1.57 bits per heavy atom. The highest BCUT2D eigenvalue weighted by molar-refractivity contribution is 6.32. The first-order valence-corrected chi connectivity index (χ1v) is 4.44. The zero-order chi connectivity index (χ0) is 10.7. The number of nitriles is 1. The predicted molar refractivity (Wildman–Crippen MR) is 48.5 cm³/mol. The van der Waals surface area contributed by atoms with Crippen LogP contribution < -0.4 is 0 Å². The third-order valence-corrected chi connectivity index (χ3v) is 2.25. The SMILES string of the molecule is N#Cc1c(CCl)ncc(C(F)F)c1Cl. The summed E-state index contributed by atoms with van der Waals surface area (Å²) in [5, 5.41) is 8.39. The molecule has 0 atom stereocenters. The Kier molecular flexibility index (Phi) is 3.62. The fraction of sp³-hybridized carbons (Fsp3) is 0.250. The first-order valence-electron chi connectivity index (χ1n) is 3.53. The Hall–Kier alpha value is -0.920. The maximum Gasteiger partial charge on any atom is 0.266 e. The minimum absolute atomic E-state index is 0.0356. The molecular weight excluding hydrogens is 233 g/mol. The maximum atomic E-state index is 12.3. The van der Waals surface area contributed by atoms with Crippen molar-refractivity contribution in [1.29, 1.82) is 5.26 Å². The second-order valence-corrected chi connectivity index (χ2v) is 3.04. The third-order valence-electron chi connectivity index (χ3n) is 1.59. The molecule has 0 unspecified atom stereocenters. The average molecular weight is 237 g/mol. The zero-order valence-corrected chi connectivity index (χ0v) is 8.28. The third kappa shape index (κ3) is 1.94. The van der Waals surface area contributed by atoms with E-state index in [0.29, 0.717) is 0 Å². The maximum absolute atomic E-state index is 12.3. The minimum atomic E-state index is -2.74. The summed E-state index contributed by atoms with van der Waals surface area (Å²) in [6.45, 7) is 0. The Morgan fingerprint density at radius 2 is 2.21 bits per heavy atom. The molecule has 0 aromatic carbocycles. The smallest absolute Gasteiger partial charge is 0.258 e. The Labute approximate surface area is 89.1 Å². The summed E-state index contributed by atoms with van der Waals surface area (Å²) in [6.07, 6.45) is -1.81. The lowest BCUT2D eigenvalue weighted by Crippen LogP contribution is -1.97. The summed E-state index contributed by atoms with van der Waals surface area (Å²) in [5.41, 5.74) is -0.319. The highest BCUT2D eigenvalue weighted by atomic mass is 35.5. The van der Waals surface area contributed by atoms with Crippen molar-refractivity contribution in [2.24, 2.45) is 0 Å². The fourth-order valence-corrected chi connectivity index (χ4v) is 1.39. The van der Waals surface area contributed by atoms with E-state index in [0.717, 1.165) is 6.20 Å². The van der Waals surface area contributed by atoms with Gasteiger partial charge < -0.3 is 0 Å². The number of rotatable bonds is 2. The summed E-state index contributed by atoms with van der Waals surface area (Å²) < 4.78 is 24.6. The molecule has 1 aromatic heterocycles. The number of aromatic nitrogens is 1. The second kappa shape index (κ2) is 4.54. The molecule has 0 spiro atoms. The number of hydrogen-bond donors (Lipinski definition) is 0. The van der Waals surface area contributed by atoms with Crippen LogP contribution in [0.2, 0.25) is 5.02 Å². The van der Waals surface area contributed by atoms with E-state index in [4.69, 9.17) is 28.5 Å². The van der Waals surface area contributed by atoms with Gasteiger partial charge in [-0.25, -0.2) is 8.78 Å². The molecule has 74 valence electrons. The van der Waals surface area contributed by atoms with Gasteiger partial charge >= 0.3 is 0 Å². The second-order valence-electron chi connectivity index (χ2n) is 2.40. The molecule has 2 nitrogen and oxygen atoms in total. The molecule has 0 aliphatic heterocycles. The van der Waals surface area contributed by atoms with Gasteiger partial charge in [0.2, 0.25) is 0 Å². The van der Waals surface area contributed by atoms with Crippen LogP contribution >= 0.6 is 23.2 Å². The topological polar surface area (TPSA) is 36.7 Å². The van der Waals surface area contributed by atoms with Crippen LogP contribution in [0, 0.1) is 11.3 Å². The normalized spacial score (nSPS) is 10.3. The lowest BCUT2D eigenvalue weighted by atomic mass is 10.1. The van der Waals surface area contributed by atoms with Crippen LogP contribution in [-0.4, -0.2) is 4.98 Å². The molecule has 14 heavy (non-hydrogen) atoms. The van der Waals surface area contributed by atoms with Crippen molar-refractivity contribution in [1.82, 2.24) is 4.98 Å². The molecule has 1 rings (SSSR count). The molecule has 0 aliphatic carbocycles. The highest BCUT2D eigenvalue weighted by Gasteiger charge is 2.18. The number of hydrogen-bond acceptors (Lipinski definition) is 2. The van der Waals surface area contributed by atoms with Crippen LogP contribution in [0.4, 0.5) is 8.78 Å². The van der Waals surface area contributed by atoms with Crippen LogP contribution in [0.5, 0.6) is 0 Å². The van der Waals surface area contributed by atoms with Gasteiger partial charge in [-0.2, -0.15) is 5.26 Å². The van der Waals surface area contributed by atoms with Gasteiger partial charge in [-0.15, -0.1) is 11.6 Å². The van der Waals surface area contributed by atoms with E-state index in [1.807, 2.05) is 0 Å².